The van der Waals surface area contributed by atoms with Gasteiger partial charge in [-0.05, 0) is 6.42 Å². The van der Waals surface area contributed by atoms with E-state index in [-0.39, 0.29) is 48.6 Å². The summed E-state index contributed by atoms with van der Waals surface area (Å²) in [5, 5.41) is 0. The number of hydrogen-bond acceptors (Lipinski definition) is 1. The van der Waals surface area contributed by atoms with Crippen LogP contribution in [0.3, 0.4) is 0 Å². The van der Waals surface area contributed by atoms with E-state index in [0.29, 0.717) is 0 Å². The Bertz CT molecular complexity index is 60.5. The Morgan fingerprint density at radius 3 is 2.75 bits per heavy atom. The zero-order chi connectivity index (χ0) is 5.11. The summed E-state index contributed by atoms with van der Waals surface area (Å²) >= 11 is 0. The van der Waals surface area contributed by atoms with Gasteiger partial charge in [-0.25, -0.2) is 0 Å². The van der Waals surface area contributed by atoms with Gasteiger partial charge in [0.15, 0.2) is 0 Å². The molecule has 1 aliphatic rings. The largest absolute Gasteiger partial charge is 1.00 e. The first-order valence-electron chi connectivity index (χ1n) is 2.97. The molecule has 1 unspecified atom stereocenters. The Balaban J connectivity index is 0. The summed E-state index contributed by atoms with van der Waals surface area (Å²) in [6.45, 7) is 3.52. The molecule has 0 amide bonds. The molecule has 0 aromatic carbocycles. The van der Waals surface area contributed by atoms with Gasteiger partial charge in [-0.15, -0.1) is 0 Å². The van der Waals surface area contributed by atoms with Gasteiger partial charge in [0.05, 0.1) is 8.31 Å². The molecule has 1 rings (SSSR count). The van der Waals surface area contributed by atoms with Crippen molar-refractivity contribution >= 4 is 17.6 Å². The van der Waals surface area contributed by atoms with E-state index in [0.717, 1.165) is 6.61 Å². The van der Waals surface area contributed by atoms with Crippen LogP contribution in [0.1, 0.15) is 7.85 Å². The normalized spacial score (nSPS) is 31.9. The first-order valence-corrected chi connectivity index (χ1v) is 8.79. The zero-order valence-corrected chi connectivity index (χ0v) is 10.4. The van der Waals surface area contributed by atoms with Crippen LogP contribution in [-0.2, 0) is 4.43 Å². The summed E-state index contributed by atoms with van der Waals surface area (Å²) in [5.41, 5.74) is 0. The van der Waals surface area contributed by atoms with Gasteiger partial charge >= 0.3 is 29.6 Å². The van der Waals surface area contributed by atoms with Crippen molar-refractivity contribution in [1.82, 2.24) is 0 Å². The average molecular weight is 156 g/mol. The van der Waals surface area contributed by atoms with Gasteiger partial charge in [-0.1, -0.05) is 12.6 Å². The maximum atomic E-state index is 5.38. The van der Waals surface area contributed by atoms with E-state index >= 15 is 0 Å². The van der Waals surface area contributed by atoms with E-state index in [1.54, 1.807) is 6.04 Å². The third kappa shape index (κ3) is 3.43. The molecule has 1 fully saturated rings. The van der Waals surface area contributed by atoms with Crippen molar-refractivity contribution in [1.29, 1.82) is 0 Å². The molecule has 8 heavy (non-hydrogen) atoms. The molecule has 0 radical (unpaired) electrons. The van der Waals surface area contributed by atoms with Gasteiger partial charge in [0.25, 0.3) is 0 Å². The van der Waals surface area contributed by atoms with Gasteiger partial charge in [-0.3, -0.25) is 0 Å². The minimum Gasteiger partial charge on any atom is -1.00 e. The van der Waals surface area contributed by atoms with Crippen LogP contribution in [0.25, 0.3) is 0 Å². The minimum absolute atomic E-state index is 0. The fraction of sp³-hybridized carbons (Fsp3) is 1.00. The van der Waals surface area contributed by atoms with Crippen molar-refractivity contribution in [2.75, 3.05) is 6.61 Å². The van der Waals surface area contributed by atoms with E-state index in [2.05, 4.69) is 6.55 Å². The SMILES string of the molecule is C[SiH]1CCCO[SiH2]1.[H-].[Na+]. The van der Waals surface area contributed by atoms with Gasteiger partial charge in [0.1, 0.15) is 9.28 Å². The Morgan fingerprint density at radius 2 is 2.50 bits per heavy atom. The average Bonchev–Trinajstić information content (AvgIpc) is 1.69. The van der Waals surface area contributed by atoms with Crippen LogP contribution in [0.5, 0.6) is 0 Å². The zero-order valence-electron chi connectivity index (χ0n) is 6.81. The molecule has 1 saturated heterocycles. The van der Waals surface area contributed by atoms with Crippen molar-refractivity contribution in [3.63, 3.8) is 0 Å². The summed E-state index contributed by atoms with van der Waals surface area (Å²) in [7, 11) is -0.106. The Morgan fingerprint density at radius 1 is 1.75 bits per heavy atom. The second-order valence-electron chi connectivity index (χ2n) is 2.32. The fourth-order valence-electron chi connectivity index (χ4n) is 0.902. The predicted molar refractivity (Wildman–Crippen MR) is 38.0 cm³/mol. The Hall–Kier alpha value is 1.39. The summed E-state index contributed by atoms with van der Waals surface area (Å²) in [5.74, 6) is 0. The molecule has 1 heterocycles. The minimum atomic E-state index is -0.178. The Labute approximate surface area is 78.3 Å². The second-order valence-corrected chi connectivity index (χ2v) is 11.0. The van der Waals surface area contributed by atoms with Gasteiger partial charge in [0, 0.05) is 6.61 Å². The maximum Gasteiger partial charge on any atom is 1.00 e. The monoisotopic (exact) mass is 156 g/mol. The second kappa shape index (κ2) is 5.20. The van der Waals surface area contributed by atoms with Crippen molar-refractivity contribution in [3.8, 4) is 0 Å². The Kier molecular flexibility index (Phi) is 6.11. The van der Waals surface area contributed by atoms with Gasteiger partial charge in [-0.2, -0.15) is 0 Å². The van der Waals surface area contributed by atoms with E-state index in [1.165, 1.54) is 6.42 Å². The van der Waals surface area contributed by atoms with Crippen molar-refractivity contribution < 1.29 is 35.4 Å². The summed E-state index contributed by atoms with van der Waals surface area (Å²) in [6, 6.07) is 1.56. The van der Waals surface area contributed by atoms with Gasteiger partial charge < -0.3 is 5.85 Å². The molecule has 0 aromatic heterocycles. The van der Waals surface area contributed by atoms with E-state index < -0.39 is 0 Å². The van der Waals surface area contributed by atoms with Crippen molar-refractivity contribution in [3.05, 3.63) is 0 Å². The third-order valence-electron chi connectivity index (χ3n) is 1.39. The number of hydrogen-bond donors (Lipinski definition) is 0. The first-order chi connectivity index (χ1) is 3.39. The van der Waals surface area contributed by atoms with E-state index in [4.69, 9.17) is 4.43 Å². The van der Waals surface area contributed by atoms with Crippen LogP contribution in [0, 0.1) is 0 Å². The van der Waals surface area contributed by atoms with Crippen molar-refractivity contribution in [2.45, 2.75) is 19.0 Å². The molecule has 44 valence electrons. The molecule has 1 aliphatic heterocycles. The summed E-state index contributed by atoms with van der Waals surface area (Å²) < 4.78 is 5.38. The van der Waals surface area contributed by atoms with Crippen LogP contribution in [0.4, 0.5) is 0 Å². The van der Waals surface area contributed by atoms with Crippen molar-refractivity contribution in [2.24, 2.45) is 0 Å². The van der Waals surface area contributed by atoms with Crippen LogP contribution in [0.2, 0.25) is 12.6 Å². The van der Waals surface area contributed by atoms with E-state index in [1.807, 2.05) is 0 Å². The molecule has 0 bridgehead atoms. The van der Waals surface area contributed by atoms with Crippen LogP contribution in [0.15, 0.2) is 0 Å². The maximum absolute atomic E-state index is 5.38. The molecule has 1 atom stereocenters. The molecule has 0 N–H and O–H groups in total. The molecule has 0 saturated carbocycles. The molecule has 0 spiro atoms. The molecular formula is C4H13NaOSi2. The molecular weight excluding hydrogens is 143 g/mol. The smallest absolute Gasteiger partial charge is 1.00 e. The molecule has 1 nitrogen and oxygen atoms in total. The molecule has 4 heteroatoms. The van der Waals surface area contributed by atoms with Crippen LogP contribution < -0.4 is 29.6 Å². The van der Waals surface area contributed by atoms with Gasteiger partial charge in [0.2, 0.25) is 0 Å². The standard InChI is InChI=1S/C4H12OSi2.Na.H/c1-7-4-2-3-5-6-7;;/h7H,2-4,6H2,1H3;;/q;+1;-1. The first kappa shape index (κ1) is 9.39. The van der Waals surface area contributed by atoms with E-state index in [9.17, 15) is 0 Å². The summed E-state index contributed by atoms with van der Waals surface area (Å²) in [4.78, 5) is 0. The quantitative estimate of drug-likeness (QED) is 0.339. The number of rotatable bonds is 0. The fourth-order valence-corrected chi connectivity index (χ4v) is 5.78. The van der Waals surface area contributed by atoms with Crippen LogP contribution >= 0.6 is 0 Å². The van der Waals surface area contributed by atoms with Crippen LogP contribution in [-0.4, -0.2) is 24.2 Å². The topological polar surface area (TPSA) is 9.23 Å². The molecule has 0 aliphatic carbocycles. The third-order valence-corrected chi connectivity index (χ3v) is 7.51. The molecule has 0 aromatic rings. The predicted octanol–water partition coefficient (Wildman–Crippen LogP) is -3.04. The summed E-state index contributed by atoms with van der Waals surface area (Å²) in [6.07, 6.45) is 1.36.